The van der Waals surface area contributed by atoms with Crippen molar-refractivity contribution in [2.75, 3.05) is 11.9 Å². The van der Waals surface area contributed by atoms with Crippen molar-refractivity contribution in [3.05, 3.63) is 58.1 Å². The fourth-order valence-corrected chi connectivity index (χ4v) is 2.57. The van der Waals surface area contributed by atoms with Crippen molar-refractivity contribution in [1.29, 1.82) is 0 Å². The minimum absolute atomic E-state index is 0.200. The first-order chi connectivity index (χ1) is 13.0. The average Bonchev–Trinajstić information content (AvgIpc) is 2.66. The summed E-state index contributed by atoms with van der Waals surface area (Å²) in [6.45, 7) is 3.38. The summed E-state index contributed by atoms with van der Waals surface area (Å²) in [5.41, 5.74) is 1.49. The second-order valence-electron chi connectivity index (χ2n) is 5.46. The number of carbonyl (C=O) groups is 1. The van der Waals surface area contributed by atoms with E-state index < -0.39 is 0 Å². The second-order valence-corrected chi connectivity index (χ2v) is 6.28. The smallest absolute Gasteiger partial charge is 0.254 e. The molecule has 2 rings (SSSR count). The lowest BCUT2D eigenvalue weighted by atomic mass is 10.1. The summed E-state index contributed by atoms with van der Waals surface area (Å²) in [6.07, 6.45) is 1.93. The van der Waals surface area contributed by atoms with Gasteiger partial charge in [0.05, 0.1) is 10.0 Å². The molecule has 6 nitrogen and oxygen atoms in total. The van der Waals surface area contributed by atoms with Crippen LogP contribution in [0.15, 0.2) is 47.6 Å². The van der Waals surface area contributed by atoms with Crippen molar-refractivity contribution in [3.63, 3.8) is 0 Å². The number of nitrogens with zero attached hydrogens (tertiary/aromatic N) is 1. The highest BCUT2D eigenvalue weighted by atomic mass is 35.5. The van der Waals surface area contributed by atoms with E-state index in [1.165, 1.54) is 6.21 Å². The zero-order chi connectivity index (χ0) is 19.6. The number of carbonyl (C=O) groups excluding carboxylic acids is 1. The highest BCUT2D eigenvalue weighted by Crippen LogP contribution is 2.30. The SMILES string of the molecule is CC=NOOCC(=O)Nc1cccc(OC(CC)c2ccc(Cl)c(Cl)c2)c1. The Morgan fingerprint density at radius 3 is 2.74 bits per heavy atom. The molecule has 0 aliphatic rings. The van der Waals surface area contributed by atoms with E-state index in [4.69, 9.17) is 27.9 Å². The van der Waals surface area contributed by atoms with Crippen LogP contribution in [0.25, 0.3) is 0 Å². The Kier molecular flexibility index (Phi) is 8.39. The molecule has 2 aromatic carbocycles. The molecule has 0 heterocycles. The maximum Gasteiger partial charge on any atom is 0.254 e. The van der Waals surface area contributed by atoms with Crippen LogP contribution in [0, 0.1) is 0 Å². The third kappa shape index (κ3) is 6.75. The summed E-state index contributed by atoms with van der Waals surface area (Å²) in [7, 11) is 0. The Labute approximate surface area is 167 Å². The molecule has 8 heteroatoms. The third-order valence-corrected chi connectivity index (χ3v) is 4.21. The molecule has 0 saturated heterocycles. The summed E-state index contributed by atoms with van der Waals surface area (Å²) in [4.78, 5) is 20.9. The zero-order valence-electron chi connectivity index (χ0n) is 14.9. The maximum atomic E-state index is 11.8. The number of halogens is 2. The number of hydrogen-bond acceptors (Lipinski definition) is 5. The number of oxime groups is 1. The van der Waals surface area contributed by atoms with E-state index in [2.05, 4.69) is 20.3 Å². The highest BCUT2D eigenvalue weighted by Gasteiger charge is 2.13. The van der Waals surface area contributed by atoms with Crippen molar-refractivity contribution in [2.24, 2.45) is 5.16 Å². The molecule has 0 bridgehead atoms. The van der Waals surface area contributed by atoms with Gasteiger partial charge in [-0.05, 0) is 43.2 Å². The first kappa shape index (κ1) is 21.0. The van der Waals surface area contributed by atoms with Crippen LogP contribution in [0.2, 0.25) is 10.0 Å². The molecule has 2 aromatic rings. The summed E-state index contributed by atoms with van der Waals surface area (Å²) in [6, 6.07) is 12.5. The molecule has 0 aromatic heterocycles. The van der Waals surface area contributed by atoms with Crippen LogP contribution in [0.5, 0.6) is 5.75 Å². The van der Waals surface area contributed by atoms with Crippen LogP contribution in [-0.4, -0.2) is 18.7 Å². The van der Waals surface area contributed by atoms with Gasteiger partial charge in [0.2, 0.25) is 0 Å². The lowest BCUT2D eigenvalue weighted by Crippen LogP contribution is -2.18. The number of anilines is 1. The third-order valence-electron chi connectivity index (χ3n) is 3.47. The molecule has 0 aliphatic heterocycles. The molecule has 0 fully saturated rings. The first-order valence-electron chi connectivity index (χ1n) is 8.31. The number of rotatable bonds is 9. The average molecular weight is 411 g/mol. The summed E-state index contributed by atoms with van der Waals surface area (Å²) in [5.74, 6) is 0.230. The van der Waals surface area contributed by atoms with Crippen LogP contribution in [0.1, 0.15) is 31.9 Å². The minimum atomic E-state index is -0.380. The van der Waals surface area contributed by atoms with Crippen LogP contribution >= 0.6 is 23.2 Å². The predicted octanol–water partition coefficient (Wildman–Crippen LogP) is 5.42. The number of nitrogens with one attached hydrogen (secondary N) is 1. The van der Waals surface area contributed by atoms with Crippen molar-refractivity contribution in [1.82, 2.24) is 0 Å². The fourth-order valence-electron chi connectivity index (χ4n) is 2.26. The lowest BCUT2D eigenvalue weighted by Gasteiger charge is -2.19. The van der Waals surface area contributed by atoms with Gasteiger partial charge in [-0.3, -0.25) is 4.79 Å². The van der Waals surface area contributed by atoms with Crippen molar-refractivity contribution < 1.29 is 19.4 Å². The molecule has 1 atom stereocenters. The number of amides is 1. The topological polar surface area (TPSA) is 69.2 Å². The van der Waals surface area contributed by atoms with Gasteiger partial charge >= 0.3 is 0 Å². The Hall–Kier alpha value is -2.28. The highest BCUT2D eigenvalue weighted by molar-refractivity contribution is 6.42. The maximum absolute atomic E-state index is 11.8. The van der Waals surface area contributed by atoms with Crippen LogP contribution < -0.4 is 10.1 Å². The van der Waals surface area contributed by atoms with Gasteiger partial charge in [0.1, 0.15) is 11.9 Å². The van der Waals surface area contributed by atoms with E-state index >= 15 is 0 Å². The summed E-state index contributed by atoms with van der Waals surface area (Å²) < 4.78 is 6.05. The summed E-state index contributed by atoms with van der Waals surface area (Å²) >= 11 is 12.1. The van der Waals surface area contributed by atoms with E-state index in [9.17, 15) is 4.79 Å². The normalized spacial score (nSPS) is 12.0. The molecule has 144 valence electrons. The van der Waals surface area contributed by atoms with Crippen LogP contribution in [0.3, 0.4) is 0 Å². The van der Waals surface area contributed by atoms with E-state index in [-0.39, 0.29) is 18.6 Å². The fraction of sp³-hybridized carbons (Fsp3) is 0.263. The minimum Gasteiger partial charge on any atom is -0.486 e. The van der Waals surface area contributed by atoms with Crippen LogP contribution in [0.4, 0.5) is 5.69 Å². The van der Waals surface area contributed by atoms with Crippen molar-refractivity contribution >= 4 is 41.0 Å². The van der Waals surface area contributed by atoms with Gasteiger partial charge in [0, 0.05) is 18.0 Å². The van der Waals surface area contributed by atoms with Gasteiger partial charge in [-0.2, -0.15) is 4.89 Å². The quantitative estimate of drug-likeness (QED) is 0.259. The predicted molar refractivity (Wildman–Crippen MR) is 106 cm³/mol. The molecule has 1 N–H and O–H groups in total. The number of hydrogen-bond donors (Lipinski definition) is 1. The van der Waals surface area contributed by atoms with Gasteiger partial charge in [-0.1, -0.05) is 47.4 Å². The monoisotopic (exact) mass is 410 g/mol. The molecule has 1 unspecified atom stereocenters. The Morgan fingerprint density at radius 2 is 2.04 bits per heavy atom. The Morgan fingerprint density at radius 1 is 1.22 bits per heavy atom. The van der Waals surface area contributed by atoms with Gasteiger partial charge in [-0.15, -0.1) is 0 Å². The molecular formula is C19H20Cl2N2O4. The Bertz CT molecular complexity index is 799. The van der Waals surface area contributed by atoms with Crippen molar-refractivity contribution in [3.8, 4) is 5.75 Å². The lowest BCUT2D eigenvalue weighted by molar-refractivity contribution is -0.289. The molecule has 0 radical (unpaired) electrons. The van der Waals surface area contributed by atoms with Gasteiger partial charge < -0.3 is 10.1 Å². The van der Waals surface area contributed by atoms with Crippen molar-refractivity contribution in [2.45, 2.75) is 26.4 Å². The molecule has 27 heavy (non-hydrogen) atoms. The molecule has 0 saturated carbocycles. The van der Waals surface area contributed by atoms with E-state index in [1.807, 2.05) is 19.1 Å². The molecule has 0 spiro atoms. The first-order valence-corrected chi connectivity index (χ1v) is 9.07. The number of benzene rings is 2. The molecular weight excluding hydrogens is 391 g/mol. The Balaban J connectivity index is 2.00. The van der Waals surface area contributed by atoms with Gasteiger partial charge in [-0.25, -0.2) is 4.99 Å². The second kappa shape index (κ2) is 10.8. The molecule has 1 amide bonds. The van der Waals surface area contributed by atoms with Gasteiger partial charge in [0.25, 0.3) is 5.91 Å². The standard InChI is InChI=1S/C19H20Cl2N2O4/c1-3-18(13-8-9-16(20)17(21)10-13)26-15-7-5-6-14(11-15)23-19(24)12-25-27-22-4-2/h4-11,18H,3,12H2,1-2H3,(H,23,24). The zero-order valence-corrected chi connectivity index (χ0v) is 16.5. The van der Waals surface area contributed by atoms with E-state index in [0.29, 0.717) is 21.5 Å². The van der Waals surface area contributed by atoms with E-state index in [0.717, 1.165) is 12.0 Å². The number of ether oxygens (including phenoxy) is 1. The van der Waals surface area contributed by atoms with Crippen LogP contribution in [-0.2, 0) is 14.7 Å². The van der Waals surface area contributed by atoms with E-state index in [1.54, 1.807) is 37.3 Å². The largest absolute Gasteiger partial charge is 0.486 e. The summed E-state index contributed by atoms with van der Waals surface area (Å²) in [5, 5.41) is 7.05. The van der Waals surface area contributed by atoms with Gasteiger partial charge in [0.15, 0.2) is 6.61 Å². The molecule has 0 aliphatic carbocycles.